The van der Waals surface area contributed by atoms with Crippen molar-refractivity contribution in [2.75, 3.05) is 37.8 Å². The van der Waals surface area contributed by atoms with Crippen LogP contribution >= 0.6 is 35.2 Å². The van der Waals surface area contributed by atoms with E-state index < -0.39 is 108 Å². The topological polar surface area (TPSA) is 438 Å². The summed E-state index contributed by atoms with van der Waals surface area (Å²) in [5.74, 6) is -4.76. The maximum absolute atomic E-state index is 12.6. The normalized spacial score (nSPS) is 21.1. The van der Waals surface area contributed by atoms with Gasteiger partial charge in [-0.05, 0) is 6.92 Å². The van der Waals surface area contributed by atoms with Crippen LogP contribution in [0.15, 0.2) is 12.7 Å². The van der Waals surface area contributed by atoms with Crippen molar-refractivity contribution in [1.29, 1.82) is 0 Å². The molecule has 1 aliphatic heterocycles. The number of carboxylic acids is 2. The van der Waals surface area contributed by atoms with Crippen LogP contribution in [0.1, 0.15) is 46.8 Å². The molecular formula is C28H46N7O21P3S. The third kappa shape index (κ3) is 16.8. The summed E-state index contributed by atoms with van der Waals surface area (Å²) in [5.41, 5.74) is 4.19. The van der Waals surface area contributed by atoms with Gasteiger partial charge in [0.15, 0.2) is 17.7 Å². The van der Waals surface area contributed by atoms with Gasteiger partial charge in [0.25, 0.3) is 0 Å². The van der Waals surface area contributed by atoms with Crippen molar-refractivity contribution in [3.8, 4) is 0 Å². The molecule has 3 rings (SSSR count). The molecule has 2 aromatic rings. The molecule has 60 heavy (non-hydrogen) atoms. The number of imidazole rings is 1. The van der Waals surface area contributed by atoms with Crippen LogP contribution in [-0.2, 0) is 60.3 Å². The second-order valence-corrected chi connectivity index (χ2v) is 18.4. The van der Waals surface area contributed by atoms with Gasteiger partial charge in [-0.1, -0.05) is 32.5 Å². The number of ether oxygens (including phenoxy) is 1. The molecule has 340 valence electrons. The molecule has 8 atom stereocenters. The Kier molecular flexibility index (Phi) is 19.8. The molecule has 0 bridgehead atoms. The lowest BCUT2D eigenvalue weighted by atomic mass is 9.87. The highest BCUT2D eigenvalue weighted by Crippen LogP contribution is 2.61. The molecule has 2 amide bonds. The Bertz CT molecular complexity index is 1980. The monoisotopic (exact) mass is 941 g/mol. The summed E-state index contributed by atoms with van der Waals surface area (Å²) in [7, 11) is -16.4. The first-order valence-electron chi connectivity index (χ1n) is 17.1. The SMILES string of the molecule is CC(C(=O)O)C(=O)SCCNC(=O)CCNC(=O)C(O)C(C)(C)COP(=O)(O)OP(=O)(O)OC[C@H]1O[C@@H](n2cnc3c(N)ncnc32)[C@H](O)[C@@H]1OP(=O)(O)O.CCC(=O)O. The molecule has 0 aromatic carbocycles. The zero-order valence-electron chi connectivity index (χ0n) is 32.1. The highest BCUT2D eigenvalue weighted by molar-refractivity contribution is 8.13. The number of phosphoric acid groups is 3. The second kappa shape index (κ2) is 22.6. The van der Waals surface area contributed by atoms with Crippen LogP contribution in [0, 0.1) is 11.3 Å². The first-order chi connectivity index (χ1) is 27.6. The number of thioether (sulfide) groups is 1. The van der Waals surface area contributed by atoms with E-state index >= 15 is 0 Å². The van der Waals surface area contributed by atoms with Gasteiger partial charge in [0, 0.05) is 37.1 Å². The Labute approximate surface area is 344 Å². The maximum atomic E-state index is 12.6. The van der Waals surface area contributed by atoms with E-state index in [9.17, 15) is 67.5 Å². The lowest BCUT2D eigenvalue weighted by Crippen LogP contribution is -2.46. The van der Waals surface area contributed by atoms with Gasteiger partial charge < -0.3 is 61.1 Å². The largest absolute Gasteiger partial charge is 0.481 e. The van der Waals surface area contributed by atoms with Crippen LogP contribution in [0.3, 0.4) is 0 Å². The first kappa shape index (κ1) is 52.6. The average Bonchev–Trinajstić information content (AvgIpc) is 3.71. The van der Waals surface area contributed by atoms with Crippen LogP contribution in [0.4, 0.5) is 5.82 Å². The van der Waals surface area contributed by atoms with E-state index in [1.807, 2.05) is 0 Å². The number of rotatable bonds is 22. The van der Waals surface area contributed by atoms with E-state index in [-0.39, 0.29) is 48.7 Å². The molecule has 1 aliphatic rings. The molecule has 1 saturated heterocycles. The molecule has 2 aromatic heterocycles. The van der Waals surface area contributed by atoms with E-state index in [1.165, 1.54) is 20.8 Å². The number of nitrogen functional groups attached to an aromatic ring is 1. The number of phosphoric ester groups is 3. The molecule has 0 aliphatic carbocycles. The number of amides is 2. The number of fused-ring (bicyclic) bond motifs is 1. The van der Waals surface area contributed by atoms with E-state index in [4.69, 9.17) is 29.7 Å². The minimum absolute atomic E-state index is 0.0183. The Hall–Kier alpha value is -3.50. The van der Waals surface area contributed by atoms with Crippen molar-refractivity contribution in [3.63, 3.8) is 0 Å². The molecule has 1 fully saturated rings. The fraction of sp³-hybridized carbons (Fsp3) is 0.643. The zero-order valence-corrected chi connectivity index (χ0v) is 35.6. The van der Waals surface area contributed by atoms with Gasteiger partial charge in [0.1, 0.15) is 42.2 Å². The number of aliphatic hydroxyl groups is 2. The van der Waals surface area contributed by atoms with Crippen LogP contribution in [0.5, 0.6) is 0 Å². The number of anilines is 1. The summed E-state index contributed by atoms with van der Waals surface area (Å²) in [6.45, 7) is 2.95. The Balaban J connectivity index is 0.00000233. The van der Waals surface area contributed by atoms with Gasteiger partial charge >= 0.3 is 35.4 Å². The van der Waals surface area contributed by atoms with Crippen molar-refractivity contribution in [2.45, 2.75) is 71.2 Å². The third-order valence-corrected chi connectivity index (χ3v) is 11.9. The minimum atomic E-state index is -5.59. The lowest BCUT2D eigenvalue weighted by molar-refractivity contribution is -0.143. The maximum Gasteiger partial charge on any atom is 0.481 e. The highest BCUT2D eigenvalue weighted by Gasteiger charge is 2.50. The van der Waals surface area contributed by atoms with E-state index in [0.29, 0.717) is 0 Å². The van der Waals surface area contributed by atoms with E-state index in [2.05, 4.69) is 34.4 Å². The fourth-order valence-electron chi connectivity index (χ4n) is 4.51. The molecule has 28 nitrogen and oxygen atoms in total. The number of nitrogens with zero attached hydrogens (tertiary/aromatic N) is 4. The quantitative estimate of drug-likeness (QED) is 0.0378. The summed E-state index contributed by atoms with van der Waals surface area (Å²) < 4.78 is 61.9. The number of aromatic nitrogens is 4. The predicted molar refractivity (Wildman–Crippen MR) is 202 cm³/mol. The van der Waals surface area contributed by atoms with Crippen molar-refractivity contribution < 1.29 is 100 Å². The summed E-state index contributed by atoms with van der Waals surface area (Å²) in [6, 6.07) is 0. The predicted octanol–water partition coefficient (Wildman–Crippen LogP) is -1.13. The molecule has 12 N–H and O–H groups in total. The van der Waals surface area contributed by atoms with Gasteiger partial charge in [0.05, 0.1) is 19.5 Å². The smallest absolute Gasteiger partial charge is 0.481 e. The number of nitrogens with one attached hydrogen (secondary N) is 2. The van der Waals surface area contributed by atoms with Crippen molar-refractivity contribution in [2.24, 2.45) is 11.3 Å². The minimum Gasteiger partial charge on any atom is -0.481 e. The number of aliphatic hydroxyl groups excluding tert-OH is 2. The van der Waals surface area contributed by atoms with Crippen LogP contribution in [0.2, 0.25) is 0 Å². The van der Waals surface area contributed by atoms with Crippen LogP contribution in [0.25, 0.3) is 11.2 Å². The number of carbonyl (C=O) groups is 5. The van der Waals surface area contributed by atoms with Gasteiger partial charge in [-0.15, -0.1) is 0 Å². The third-order valence-electron chi connectivity index (χ3n) is 7.77. The van der Waals surface area contributed by atoms with Crippen LogP contribution in [-0.4, -0.2) is 145 Å². The summed E-state index contributed by atoms with van der Waals surface area (Å²) in [6.07, 6.45) is -6.90. The molecular weight excluding hydrogens is 895 g/mol. The van der Waals surface area contributed by atoms with Gasteiger partial charge in [-0.25, -0.2) is 28.6 Å². The molecule has 0 radical (unpaired) electrons. The van der Waals surface area contributed by atoms with Crippen molar-refractivity contribution >= 4 is 81.1 Å². The molecule has 32 heteroatoms. The number of aliphatic carboxylic acids is 2. The zero-order chi connectivity index (χ0) is 45.8. The summed E-state index contributed by atoms with van der Waals surface area (Å²) in [5, 5.41) is 42.1. The highest BCUT2D eigenvalue weighted by atomic mass is 32.2. The number of carbonyl (C=O) groups excluding carboxylic acids is 3. The van der Waals surface area contributed by atoms with Crippen molar-refractivity contribution in [3.05, 3.63) is 12.7 Å². The fourth-order valence-corrected chi connectivity index (χ4v) is 8.09. The Morgan fingerprint density at radius 2 is 1.63 bits per heavy atom. The summed E-state index contributed by atoms with van der Waals surface area (Å²) in [4.78, 5) is 107. The standard InChI is InChI=1S/C25H40N7O19P3S.C3H6O2/c1-12(23(37)38)24(39)55-7-6-27-14(33)4-5-28-21(36)18(35)25(2,3)9-48-54(45,46)51-53(43,44)47-8-13-17(50-52(40,41)42)16(34)22(49-13)32-11-31-15-19(26)29-10-30-20(15)32;1-2-3(4)5/h10-13,16-18,22,34-35H,4-9H2,1-3H3,(H,27,33)(H,28,36)(H,37,38)(H,43,44)(H,45,46)(H2,26,29,30)(H2,40,41,42);2H2,1H3,(H,4,5)/t12?,13-,16-,17-,18?,22-;/m1./s1. The lowest BCUT2D eigenvalue weighted by Gasteiger charge is -2.30. The van der Waals surface area contributed by atoms with Gasteiger partial charge in [-0.2, -0.15) is 4.31 Å². The number of hydrogen-bond acceptors (Lipinski definition) is 20. The molecule has 3 heterocycles. The van der Waals surface area contributed by atoms with Crippen LogP contribution < -0.4 is 16.4 Å². The van der Waals surface area contributed by atoms with E-state index in [0.717, 1.165) is 29.0 Å². The number of hydrogen-bond donors (Lipinski definition) is 11. The molecule has 0 spiro atoms. The first-order valence-corrected chi connectivity index (χ1v) is 22.6. The molecule has 4 unspecified atom stereocenters. The van der Waals surface area contributed by atoms with Gasteiger partial charge in [0.2, 0.25) is 16.9 Å². The van der Waals surface area contributed by atoms with Gasteiger partial charge in [-0.3, -0.25) is 42.1 Å². The average molecular weight is 942 g/mol. The Morgan fingerprint density at radius 1 is 1.02 bits per heavy atom. The number of nitrogens with two attached hydrogens (primary N) is 1. The second-order valence-electron chi connectivity index (χ2n) is 13.0. The molecule has 0 saturated carbocycles. The number of carboxylic acid groups (broad SMARTS) is 2. The van der Waals surface area contributed by atoms with Crippen molar-refractivity contribution in [1.82, 2.24) is 30.2 Å². The van der Waals surface area contributed by atoms with E-state index in [1.54, 1.807) is 6.92 Å². The Morgan fingerprint density at radius 3 is 2.22 bits per heavy atom. The summed E-state index contributed by atoms with van der Waals surface area (Å²) >= 11 is 0.726.